The first-order valence-electron chi connectivity index (χ1n) is 13.7. The molecule has 41 heavy (non-hydrogen) atoms. The highest BCUT2D eigenvalue weighted by Crippen LogP contribution is 2.20. The number of rotatable bonds is 14. The first-order chi connectivity index (χ1) is 19.0. The predicted molar refractivity (Wildman–Crippen MR) is 153 cm³/mol. The predicted octanol–water partition coefficient (Wildman–Crippen LogP) is -2.11. The Morgan fingerprint density at radius 2 is 1.63 bits per heavy atom. The van der Waals surface area contributed by atoms with Gasteiger partial charge in [-0.3, -0.25) is 29.6 Å². The van der Waals surface area contributed by atoms with E-state index >= 15 is 0 Å². The van der Waals surface area contributed by atoms with Crippen molar-refractivity contribution >= 4 is 35.6 Å². The van der Waals surface area contributed by atoms with Crippen LogP contribution in [0.3, 0.4) is 0 Å². The molecule has 0 aromatic heterocycles. The van der Waals surface area contributed by atoms with Gasteiger partial charge in [-0.15, -0.1) is 0 Å². The van der Waals surface area contributed by atoms with Gasteiger partial charge in [-0.25, -0.2) is 10.2 Å². The highest BCUT2D eigenvalue weighted by Gasteiger charge is 2.38. The molecule has 1 aliphatic heterocycles. The summed E-state index contributed by atoms with van der Waals surface area (Å²) in [6.07, 6.45) is 1.68. The molecule has 16 nitrogen and oxygen atoms in total. The number of ether oxygens (including phenoxy) is 1. The maximum atomic E-state index is 13.6. The van der Waals surface area contributed by atoms with Crippen LogP contribution in [0.25, 0.3) is 0 Å². The lowest BCUT2D eigenvalue weighted by molar-refractivity contribution is -0.142. The van der Waals surface area contributed by atoms with Crippen molar-refractivity contribution < 1.29 is 28.7 Å². The summed E-state index contributed by atoms with van der Waals surface area (Å²) >= 11 is 0. The van der Waals surface area contributed by atoms with Gasteiger partial charge in [-0.05, 0) is 58.8 Å². The number of aliphatic imine (C=N–C) groups is 1. The molecular formula is C25H48N10O6. The summed E-state index contributed by atoms with van der Waals surface area (Å²) < 4.78 is 5.59. The fourth-order valence-electron chi connectivity index (χ4n) is 4.14. The van der Waals surface area contributed by atoms with Crippen LogP contribution in [0.1, 0.15) is 66.7 Å². The van der Waals surface area contributed by atoms with Crippen LogP contribution in [0.2, 0.25) is 0 Å². The van der Waals surface area contributed by atoms with Crippen molar-refractivity contribution in [2.45, 2.75) is 96.5 Å². The summed E-state index contributed by atoms with van der Waals surface area (Å²) in [7, 11) is 0. The molecule has 0 aliphatic carbocycles. The number of hydrogen-bond donors (Lipinski definition) is 8. The summed E-state index contributed by atoms with van der Waals surface area (Å²) in [5, 5.41) is 5.43. The molecule has 234 valence electrons. The van der Waals surface area contributed by atoms with Crippen molar-refractivity contribution in [2.24, 2.45) is 33.8 Å². The molecule has 4 atom stereocenters. The number of guanidine groups is 1. The smallest absolute Gasteiger partial charge is 0.330 e. The van der Waals surface area contributed by atoms with Crippen molar-refractivity contribution in [1.29, 1.82) is 0 Å². The van der Waals surface area contributed by atoms with Gasteiger partial charge in [0.2, 0.25) is 17.7 Å². The lowest BCUT2D eigenvalue weighted by Crippen LogP contribution is -2.59. The Hall–Kier alpha value is -3.66. The molecule has 0 spiro atoms. The van der Waals surface area contributed by atoms with Gasteiger partial charge >= 0.3 is 6.03 Å². The fraction of sp³-hybridized carbons (Fsp3) is 0.760. The zero-order valence-corrected chi connectivity index (χ0v) is 24.7. The minimum atomic E-state index is -1.04. The molecule has 1 fully saturated rings. The van der Waals surface area contributed by atoms with E-state index < -0.39 is 59.4 Å². The first-order valence-corrected chi connectivity index (χ1v) is 13.7. The number of nitrogens with two attached hydrogens (primary N) is 4. The molecule has 1 heterocycles. The highest BCUT2D eigenvalue weighted by atomic mass is 16.5. The molecule has 0 radical (unpaired) electrons. The average molecular weight is 585 g/mol. The van der Waals surface area contributed by atoms with Crippen molar-refractivity contribution in [1.82, 2.24) is 26.4 Å². The van der Waals surface area contributed by atoms with Crippen molar-refractivity contribution in [3.8, 4) is 0 Å². The van der Waals surface area contributed by atoms with Crippen molar-refractivity contribution in [2.75, 3.05) is 19.7 Å². The minimum absolute atomic E-state index is 0.0218. The van der Waals surface area contributed by atoms with Crippen LogP contribution in [0.15, 0.2) is 4.99 Å². The van der Waals surface area contributed by atoms with E-state index in [-0.39, 0.29) is 44.4 Å². The van der Waals surface area contributed by atoms with Gasteiger partial charge < -0.3 is 43.2 Å². The van der Waals surface area contributed by atoms with Crippen molar-refractivity contribution in [3.05, 3.63) is 0 Å². The first kappa shape index (κ1) is 35.4. The van der Waals surface area contributed by atoms with Gasteiger partial charge in [0, 0.05) is 13.1 Å². The monoisotopic (exact) mass is 584 g/mol. The summed E-state index contributed by atoms with van der Waals surface area (Å²) in [4.78, 5) is 68.7. The second kappa shape index (κ2) is 16.6. The highest BCUT2D eigenvalue weighted by molar-refractivity contribution is 5.95. The Morgan fingerprint density at radius 3 is 2.20 bits per heavy atom. The third kappa shape index (κ3) is 13.5. The molecule has 1 aliphatic rings. The quantitative estimate of drug-likeness (QED) is 0.0480. The minimum Gasteiger partial charge on any atom is -0.374 e. The second-order valence-electron chi connectivity index (χ2n) is 11.4. The van der Waals surface area contributed by atoms with E-state index in [1.54, 1.807) is 0 Å². The Balaban J connectivity index is 3.08. The third-order valence-corrected chi connectivity index (χ3v) is 6.08. The topological polar surface area (TPSA) is 262 Å². The van der Waals surface area contributed by atoms with E-state index in [9.17, 15) is 24.0 Å². The van der Waals surface area contributed by atoms with Gasteiger partial charge in [0.05, 0.1) is 12.2 Å². The molecular weight excluding hydrogens is 536 g/mol. The number of amides is 6. The van der Waals surface area contributed by atoms with Crippen LogP contribution in [-0.2, 0) is 23.9 Å². The van der Waals surface area contributed by atoms with Crippen molar-refractivity contribution in [3.63, 3.8) is 0 Å². The Bertz CT molecular complexity index is 948. The fourth-order valence-corrected chi connectivity index (χ4v) is 4.14. The van der Waals surface area contributed by atoms with Gasteiger partial charge in [0.15, 0.2) is 5.96 Å². The normalized spacial score (nSPS) is 17.2. The van der Waals surface area contributed by atoms with Gasteiger partial charge in [-0.2, -0.15) is 0 Å². The summed E-state index contributed by atoms with van der Waals surface area (Å²) in [6, 6.07) is -4.86. The molecule has 0 aromatic rings. The Kier molecular flexibility index (Phi) is 14.3. The van der Waals surface area contributed by atoms with E-state index in [2.05, 4.69) is 21.1 Å². The number of carbonyl (C=O) groups is 5. The van der Waals surface area contributed by atoms with Crippen LogP contribution in [0.4, 0.5) is 4.79 Å². The molecule has 12 N–H and O–H groups in total. The van der Waals surface area contributed by atoms with Crippen LogP contribution in [0.5, 0.6) is 0 Å². The molecule has 6 amide bonds. The number of nitrogens with one attached hydrogen (secondary N) is 4. The molecule has 0 bridgehead atoms. The van der Waals surface area contributed by atoms with E-state index in [1.807, 2.05) is 40.0 Å². The Labute approximate surface area is 241 Å². The molecule has 0 aromatic carbocycles. The third-order valence-electron chi connectivity index (χ3n) is 6.08. The van der Waals surface area contributed by atoms with Crippen LogP contribution in [-0.4, -0.2) is 90.0 Å². The summed E-state index contributed by atoms with van der Waals surface area (Å²) in [5.41, 5.74) is 25.5. The number of carbonyl (C=O) groups excluding carboxylic acids is 5. The summed E-state index contributed by atoms with van der Waals surface area (Å²) in [6.45, 7) is 9.71. The maximum Gasteiger partial charge on any atom is 0.330 e. The number of hydrazine groups is 1. The van der Waals surface area contributed by atoms with E-state index in [0.717, 1.165) is 0 Å². The van der Waals surface area contributed by atoms with E-state index in [4.69, 9.17) is 27.7 Å². The van der Waals surface area contributed by atoms with E-state index in [1.165, 1.54) is 4.90 Å². The Morgan fingerprint density at radius 1 is 1.00 bits per heavy atom. The number of primary amides is 1. The number of hydrogen-bond acceptors (Lipinski definition) is 8. The standard InChI is InChI=1S/C25H48N10O6/c1-14(2)12-17(32-19(36)15(26)13-41-25(3,4)5)20(37)31-16(8-6-10-30-23(27)28)22(39)35-11-7-9-18(35)21(38)33-34-24(29)40/h14-18H,6-13,26H2,1-5H3,(H,31,37)(H,32,36)(H,33,38)(H4,27,28,30)(H3,29,34,40)/t15-,16+,17+,18+/m1/s1. The summed E-state index contributed by atoms with van der Waals surface area (Å²) in [5.74, 6) is -2.34. The lowest BCUT2D eigenvalue weighted by atomic mass is 10.0. The lowest BCUT2D eigenvalue weighted by Gasteiger charge is -2.30. The molecule has 1 rings (SSSR count). The zero-order chi connectivity index (χ0) is 31.3. The van der Waals surface area contributed by atoms with Gasteiger partial charge in [-0.1, -0.05) is 13.8 Å². The van der Waals surface area contributed by atoms with Gasteiger partial charge in [0.25, 0.3) is 5.91 Å². The van der Waals surface area contributed by atoms with Gasteiger partial charge in [0.1, 0.15) is 24.2 Å². The number of likely N-dealkylation sites (tertiary alicyclic amines) is 1. The van der Waals surface area contributed by atoms with Crippen LogP contribution >= 0.6 is 0 Å². The van der Waals surface area contributed by atoms with Crippen LogP contribution < -0.4 is 44.4 Å². The van der Waals surface area contributed by atoms with E-state index in [0.29, 0.717) is 19.3 Å². The number of urea groups is 1. The molecule has 1 saturated heterocycles. The zero-order valence-electron chi connectivity index (χ0n) is 24.7. The maximum absolute atomic E-state index is 13.6. The second-order valence-corrected chi connectivity index (χ2v) is 11.4. The average Bonchev–Trinajstić information content (AvgIpc) is 3.35. The molecule has 0 saturated carbocycles. The number of nitrogens with zero attached hydrogens (tertiary/aromatic N) is 2. The van der Waals surface area contributed by atoms with Crippen LogP contribution in [0, 0.1) is 5.92 Å². The molecule has 0 unspecified atom stereocenters. The largest absolute Gasteiger partial charge is 0.374 e. The SMILES string of the molecule is CC(C)C[C@H](NC(=O)[C@H](N)COC(C)(C)C)C(=O)N[C@@H](CCCN=C(N)N)C(=O)N1CCC[C@H]1C(=O)NNC(N)=O. The molecule has 16 heteroatoms.